The summed E-state index contributed by atoms with van der Waals surface area (Å²) in [5.74, 6) is -1.07. The number of pyridine rings is 1. The van der Waals surface area contributed by atoms with E-state index in [0.717, 1.165) is 18.4 Å². The molecule has 2 aromatic heterocycles. The average Bonchev–Trinajstić information content (AvgIpc) is 2.53. The number of aryl methyl sites for hydroxylation is 1. The summed E-state index contributed by atoms with van der Waals surface area (Å²) in [6.45, 7) is 2.00. The Morgan fingerprint density at radius 3 is 2.76 bits per heavy atom. The van der Waals surface area contributed by atoms with Gasteiger partial charge in [-0.2, -0.15) is 9.37 Å². The lowest BCUT2D eigenvalue weighted by Gasteiger charge is -2.02. The Morgan fingerprint density at radius 1 is 1.47 bits per heavy atom. The summed E-state index contributed by atoms with van der Waals surface area (Å²) in [6, 6.07) is 3.36. The van der Waals surface area contributed by atoms with Crippen molar-refractivity contribution in [3.8, 4) is 0 Å². The molecule has 0 aliphatic rings. The lowest BCUT2D eigenvalue weighted by molar-refractivity contribution is 0.539. The lowest BCUT2D eigenvalue weighted by Crippen LogP contribution is -2.16. The molecule has 7 heteroatoms. The van der Waals surface area contributed by atoms with Gasteiger partial charge >= 0.3 is 0 Å². The van der Waals surface area contributed by atoms with E-state index in [-0.39, 0.29) is 5.65 Å². The Hall–Kier alpha value is -1.47. The van der Waals surface area contributed by atoms with Crippen molar-refractivity contribution in [3.63, 3.8) is 0 Å². The van der Waals surface area contributed by atoms with E-state index in [9.17, 15) is 12.8 Å². The first-order valence-electron chi connectivity index (χ1n) is 5.12. The minimum atomic E-state index is -4.12. The van der Waals surface area contributed by atoms with Gasteiger partial charge in [-0.25, -0.2) is 13.6 Å². The van der Waals surface area contributed by atoms with Crippen LogP contribution < -0.4 is 5.14 Å². The summed E-state index contributed by atoms with van der Waals surface area (Å²) in [5, 5.41) is 4.37. The number of aromatic nitrogens is 2. The van der Waals surface area contributed by atoms with E-state index >= 15 is 0 Å². The number of halogens is 1. The van der Waals surface area contributed by atoms with Gasteiger partial charge in [0.25, 0.3) is 16.0 Å². The fourth-order valence-corrected chi connectivity index (χ4v) is 2.43. The first-order chi connectivity index (χ1) is 7.93. The van der Waals surface area contributed by atoms with Crippen LogP contribution in [0.1, 0.15) is 18.9 Å². The molecule has 0 aromatic carbocycles. The molecule has 0 radical (unpaired) electrons. The summed E-state index contributed by atoms with van der Waals surface area (Å²) in [4.78, 5) is 3.52. The minimum absolute atomic E-state index is 0.228. The number of hydrogen-bond donors (Lipinski definition) is 1. The molecule has 2 N–H and O–H groups in total. The molecule has 5 nitrogen and oxygen atoms in total. The lowest BCUT2D eigenvalue weighted by atomic mass is 10.2. The Morgan fingerprint density at radius 2 is 2.18 bits per heavy atom. The van der Waals surface area contributed by atoms with Gasteiger partial charge in [0.05, 0.1) is 0 Å². The Labute approximate surface area is 98.1 Å². The number of imidazole rings is 1. The molecule has 0 spiro atoms. The van der Waals surface area contributed by atoms with Crippen LogP contribution in [0, 0.1) is 5.95 Å². The third-order valence-corrected chi connectivity index (χ3v) is 3.31. The van der Waals surface area contributed by atoms with Gasteiger partial charge in [-0.3, -0.25) is 4.40 Å². The van der Waals surface area contributed by atoms with E-state index in [1.807, 2.05) is 6.92 Å². The van der Waals surface area contributed by atoms with Gasteiger partial charge in [-0.15, -0.1) is 0 Å². The maximum atomic E-state index is 13.4. The molecule has 2 heterocycles. The number of nitrogens with two attached hydrogens (primary N) is 1. The zero-order valence-corrected chi connectivity index (χ0v) is 10.0. The van der Waals surface area contributed by atoms with Gasteiger partial charge < -0.3 is 0 Å². The van der Waals surface area contributed by atoms with Gasteiger partial charge in [0, 0.05) is 6.20 Å². The highest BCUT2D eigenvalue weighted by Crippen LogP contribution is 2.17. The zero-order valence-electron chi connectivity index (χ0n) is 9.22. The standard InChI is InChI=1S/C10H12FN3O2S/c1-2-3-7-4-5-8-13-9(11)10(14(8)6-7)17(12,15)16/h4-6H,2-3H2,1H3,(H2,12,15,16). The predicted molar refractivity (Wildman–Crippen MR) is 60.5 cm³/mol. The highest BCUT2D eigenvalue weighted by molar-refractivity contribution is 7.89. The van der Waals surface area contributed by atoms with Crippen molar-refractivity contribution in [3.05, 3.63) is 29.8 Å². The molecule has 0 bridgehead atoms. The monoisotopic (exact) mass is 257 g/mol. The molecular formula is C10H12FN3O2S. The van der Waals surface area contributed by atoms with Crippen molar-refractivity contribution in [2.75, 3.05) is 0 Å². The Balaban J connectivity index is 2.74. The van der Waals surface area contributed by atoms with Gasteiger partial charge in [0.2, 0.25) is 5.03 Å². The van der Waals surface area contributed by atoms with E-state index in [4.69, 9.17) is 5.14 Å². The summed E-state index contributed by atoms with van der Waals surface area (Å²) in [6.07, 6.45) is 3.24. The maximum Gasteiger partial charge on any atom is 0.258 e. The number of sulfonamides is 1. The third-order valence-electron chi connectivity index (χ3n) is 2.40. The number of rotatable bonds is 3. The number of hydrogen-bond acceptors (Lipinski definition) is 3. The van der Waals surface area contributed by atoms with Crippen LogP contribution >= 0.6 is 0 Å². The second-order valence-electron chi connectivity index (χ2n) is 3.77. The second-order valence-corrected chi connectivity index (χ2v) is 5.25. The van der Waals surface area contributed by atoms with Crippen molar-refractivity contribution < 1.29 is 12.8 Å². The SMILES string of the molecule is CCCc1ccc2nc(F)c(S(N)(=O)=O)n2c1. The van der Waals surface area contributed by atoms with Crippen LogP contribution in [-0.2, 0) is 16.4 Å². The number of nitrogens with zero attached hydrogens (tertiary/aromatic N) is 2. The van der Waals surface area contributed by atoms with Crippen molar-refractivity contribution in [1.82, 2.24) is 9.38 Å². The average molecular weight is 257 g/mol. The summed E-state index contributed by atoms with van der Waals surface area (Å²) >= 11 is 0. The van der Waals surface area contributed by atoms with Gasteiger partial charge in [0.1, 0.15) is 5.65 Å². The maximum absolute atomic E-state index is 13.4. The van der Waals surface area contributed by atoms with Crippen LogP contribution in [0.4, 0.5) is 4.39 Å². The molecule has 0 aliphatic carbocycles. The van der Waals surface area contributed by atoms with Crippen molar-refractivity contribution in [2.45, 2.75) is 24.8 Å². The first-order valence-corrected chi connectivity index (χ1v) is 6.67. The summed E-state index contributed by atoms with van der Waals surface area (Å²) < 4.78 is 37.2. The summed E-state index contributed by atoms with van der Waals surface area (Å²) in [5.41, 5.74) is 1.13. The van der Waals surface area contributed by atoms with E-state index in [0.29, 0.717) is 0 Å². The van der Waals surface area contributed by atoms with Crippen LogP contribution in [-0.4, -0.2) is 17.8 Å². The molecule has 0 fully saturated rings. The third kappa shape index (κ3) is 2.16. The highest BCUT2D eigenvalue weighted by Gasteiger charge is 2.22. The smallest absolute Gasteiger partial charge is 0.258 e. The van der Waals surface area contributed by atoms with E-state index in [2.05, 4.69) is 4.98 Å². The molecule has 92 valence electrons. The minimum Gasteiger partial charge on any atom is -0.287 e. The highest BCUT2D eigenvalue weighted by atomic mass is 32.2. The van der Waals surface area contributed by atoms with Crippen molar-refractivity contribution in [1.29, 1.82) is 0 Å². The Bertz CT molecular complexity index is 663. The predicted octanol–water partition coefficient (Wildman–Crippen LogP) is 1.07. The molecule has 0 saturated heterocycles. The van der Waals surface area contributed by atoms with Gasteiger partial charge in [-0.1, -0.05) is 19.4 Å². The van der Waals surface area contributed by atoms with E-state index in [1.54, 1.807) is 18.3 Å². The molecule has 0 atom stereocenters. The van der Waals surface area contributed by atoms with Crippen molar-refractivity contribution in [2.24, 2.45) is 5.14 Å². The summed E-state index contributed by atoms with van der Waals surface area (Å²) in [7, 11) is -4.12. The molecule has 0 saturated carbocycles. The molecular weight excluding hydrogens is 245 g/mol. The molecule has 0 aliphatic heterocycles. The van der Waals surface area contributed by atoms with Crippen LogP contribution in [0.3, 0.4) is 0 Å². The normalized spacial score (nSPS) is 12.2. The fraction of sp³-hybridized carbons (Fsp3) is 0.300. The largest absolute Gasteiger partial charge is 0.287 e. The number of fused-ring (bicyclic) bond motifs is 1. The first kappa shape index (κ1) is 12.0. The van der Waals surface area contributed by atoms with Gasteiger partial charge in [-0.05, 0) is 18.1 Å². The number of primary sulfonamides is 1. The van der Waals surface area contributed by atoms with Gasteiger partial charge in [0.15, 0.2) is 0 Å². The molecule has 17 heavy (non-hydrogen) atoms. The second kappa shape index (κ2) is 4.08. The van der Waals surface area contributed by atoms with E-state index < -0.39 is 21.0 Å². The van der Waals surface area contributed by atoms with Crippen LogP contribution in [0.25, 0.3) is 5.65 Å². The molecule has 2 rings (SSSR count). The zero-order chi connectivity index (χ0) is 12.6. The van der Waals surface area contributed by atoms with Crippen LogP contribution in [0.5, 0.6) is 0 Å². The topological polar surface area (TPSA) is 77.5 Å². The van der Waals surface area contributed by atoms with Crippen LogP contribution in [0.2, 0.25) is 0 Å². The van der Waals surface area contributed by atoms with Crippen LogP contribution in [0.15, 0.2) is 23.4 Å². The molecule has 2 aromatic rings. The van der Waals surface area contributed by atoms with E-state index in [1.165, 1.54) is 4.40 Å². The Kier molecular flexibility index (Phi) is 2.88. The quantitative estimate of drug-likeness (QED) is 0.893. The molecule has 0 unspecified atom stereocenters. The fourth-order valence-electron chi connectivity index (χ4n) is 1.73. The molecule has 0 amide bonds. The van der Waals surface area contributed by atoms with Crippen molar-refractivity contribution >= 4 is 15.7 Å².